The lowest BCUT2D eigenvalue weighted by molar-refractivity contribution is -0.385. The maximum absolute atomic E-state index is 13.2. The number of carbonyl (C=O) groups is 3. The molecule has 0 N–H and O–H groups in total. The fourth-order valence-electron chi connectivity index (χ4n) is 3.85. The molecule has 0 aliphatic carbocycles. The van der Waals surface area contributed by atoms with E-state index in [1.165, 1.54) is 34.7 Å². The maximum Gasteiger partial charge on any atom is 0.282 e. The Morgan fingerprint density at radius 2 is 2.03 bits per heavy atom. The van der Waals surface area contributed by atoms with Gasteiger partial charge in [0.2, 0.25) is 0 Å². The molecule has 3 amide bonds. The standard InChI is InChI=1S/C21H14N4O6S/c26-18(11-23-20(27)12-4-1-5-14(25(29)30)19(12)21(23)28)24-15(16-6-2-8-31-16)10-13(22-24)17-7-3-9-32-17/h1-9,15H,10-11H2. The molecule has 5 rings (SSSR count). The zero-order valence-corrected chi connectivity index (χ0v) is 17.2. The average molecular weight is 450 g/mol. The number of imide groups is 1. The van der Waals surface area contributed by atoms with Gasteiger partial charge in [0.1, 0.15) is 23.9 Å². The summed E-state index contributed by atoms with van der Waals surface area (Å²) < 4.78 is 5.48. The monoisotopic (exact) mass is 450 g/mol. The first-order chi connectivity index (χ1) is 15.5. The van der Waals surface area contributed by atoms with Gasteiger partial charge >= 0.3 is 0 Å². The van der Waals surface area contributed by atoms with E-state index in [1.54, 1.807) is 12.1 Å². The second-order valence-electron chi connectivity index (χ2n) is 7.15. The molecule has 0 spiro atoms. The van der Waals surface area contributed by atoms with Gasteiger partial charge in [-0.15, -0.1) is 11.3 Å². The Labute approximate surface area is 184 Å². The molecule has 32 heavy (non-hydrogen) atoms. The molecule has 1 atom stereocenters. The molecule has 1 unspecified atom stereocenters. The lowest BCUT2D eigenvalue weighted by Gasteiger charge is -2.22. The summed E-state index contributed by atoms with van der Waals surface area (Å²) in [6.07, 6.45) is 1.90. The molecule has 2 aliphatic rings. The number of nitrogens with zero attached hydrogens (tertiary/aromatic N) is 4. The van der Waals surface area contributed by atoms with Gasteiger partial charge in [-0.3, -0.25) is 29.4 Å². The summed E-state index contributed by atoms with van der Waals surface area (Å²) >= 11 is 1.48. The summed E-state index contributed by atoms with van der Waals surface area (Å²) in [5.74, 6) is -1.71. The van der Waals surface area contributed by atoms with Crippen LogP contribution in [0.1, 0.15) is 43.8 Å². The quantitative estimate of drug-likeness (QED) is 0.334. The topological polar surface area (TPSA) is 126 Å². The van der Waals surface area contributed by atoms with Crippen molar-refractivity contribution in [3.8, 4) is 0 Å². The van der Waals surface area contributed by atoms with Crippen LogP contribution < -0.4 is 0 Å². The largest absolute Gasteiger partial charge is 0.467 e. The summed E-state index contributed by atoms with van der Waals surface area (Å²) in [4.78, 5) is 50.9. The Bertz CT molecular complexity index is 1280. The second kappa shape index (κ2) is 7.54. The number of hydrogen-bond acceptors (Lipinski definition) is 8. The van der Waals surface area contributed by atoms with Gasteiger partial charge < -0.3 is 4.42 Å². The zero-order chi connectivity index (χ0) is 22.4. The van der Waals surface area contributed by atoms with E-state index in [0.29, 0.717) is 17.9 Å². The van der Waals surface area contributed by atoms with E-state index in [9.17, 15) is 24.5 Å². The molecule has 0 fully saturated rings. The van der Waals surface area contributed by atoms with Crippen LogP contribution in [0.2, 0.25) is 0 Å². The lowest BCUT2D eigenvalue weighted by atomic mass is 10.1. The van der Waals surface area contributed by atoms with Crippen molar-refractivity contribution in [1.29, 1.82) is 0 Å². The Morgan fingerprint density at radius 1 is 1.19 bits per heavy atom. The molecule has 0 bridgehead atoms. The summed E-state index contributed by atoms with van der Waals surface area (Å²) in [5, 5.41) is 18.9. The van der Waals surface area contributed by atoms with Crippen molar-refractivity contribution in [1.82, 2.24) is 9.91 Å². The van der Waals surface area contributed by atoms with Gasteiger partial charge in [-0.05, 0) is 29.6 Å². The number of nitro benzene ring substituents is 1. The van der Waals surface area contributed by atoms with Gasteiger partial charge in [0, 0.05) is 12.5 Å². The Balaban J connectivity index is 1.44. The molecule has 0 saturated carbocycles. The Morgan fingerprint density at radius 3 is 2.72 bits per heavy atom. The Hall–Kier alpha value is -4.12. The molecule has 1 aromatic carbocycles. The summed E-state index contributed by atoms with van der Waals surface area (Å²) in [6.45, 7) is -0.595. The number of furan rings is 1. The second-order valence-corrected chi connectivity index (χ2v) is 8.10. The predicted molar refractivity (Wildman–Crippen MR) is 112 cm³/mol. The van der Waals surface area contributed by atoms with Gasteiger partial charge in [0.25, 0.3) is 23.4 Å². The summed E-state index contributed by atoms with van der Waals surface area (Å²) in [6, 6.07) is 10.5. The number of rotatable bonds is 5. The third kappa shape index (κ3) is 3.10. The minimum absolute atomic E-state index is 0.0937. The molecule has 3 aromatic rings. The average Bonchev–Trinajstić information content (AvgIpc) is 3.57. The van der Waals surface area contributed by atoms with E-state index in [0.717, 1.165) is 15.8 Å². The molecule has 2 aliphatic heterocycles. The fraction of sp³-hybridized carbons (Fsp3) is 0.143. The van der Waals surface area contributed by atoms with Crippen molar-refractivity contribution in [3.63, 3.8) is 0 Å². The molecule has 10 nitrogen and oxygen atoms in total. The minimum Gasteiger partial charge on any atom is -0.467 e. The first-order valence-corrected chi connectivity index (χ1v) is 10.4. The van der Waals surface area contributed by atoms with E-state index < -0.39 is 40.9 Å². The van der Waals surface area contributed by atoms with Crippen molar-refractivity contribution in [2.75, 3.05) is 6.54 Å². The number of hydrogen-bond donors (Lipinski definition) is 0. The van der Waals surface area contributed by atoms with Gasteiger partial charge in [-0.25, -0.2) is 5.01 Å². The summed E-state index contributed by atoms with van der Waals surface area (Å²) in [5.41, 5.74) is -0.179. The zero-order valence-electron chi connectivity index (χ0n) is 16.3. The van der Waals surface area contributed by atoms with Crippen LogP contribution in [0.25, 0.3) is 0 Å². The molecule has 11 heteroatoms. The van der Waals surface area contributed by atoms with Crippen LogP contribution in [0.15, 0.2) is 63.6 Å². The van der Waals surface area contributed by atoms with E-state index in [4.69, 9.17) is 4.42 Å². The molecule has 4 heterocycles. The van der Waals surface area contributed by atoms with E-state index in [2.05, 4.69) is 5.10 Å². The highest BCUT2D eigenvalue weighted by Crippen LogP contribution is 2.35. The van der Waals surface area contributed by atoms with Gasteiger partial charge in [0.15, 0.2) is 0 Å². The normalized spacial score (nSPS) is 17.6. The van der Waals surface area contributed by atoms with Crippen molar-refractivity contribution in [2.45, 2.75) is 12.5 Å². The number of nitro groups is 1. The van der Waals surface area contributed by atoms with Gasteiger partial charge in [-0.1, -0.05) is 12.1 Å². The highest BCUT2D eigenvalue weighted by Gasteiger charge is 2.44. The van der Waals surface area contributed by atoms with Crippen LogP contribution in [0, 0.1) is 10.1 Å². The van der Waals surface area contributed by atoms with Gasteiger partial charge in [0.05, 0.1) is 27.3 Å². The molecule has 0 saturated heterocycles. The molecular formula is C21H14N4O6S. The van der Waals surface area contributed by atoms with Crippen LogP contribution in [0.5, 0.6) is 0 Å². The van der Waals surface area contributed by atoms with E-state index in [-0.39, 0.29) is 11.1 Å². The number of amides is 3. The fourth-order valence-corrected chi connectivity index (χ4v) is 4.57. The van der Waals surface area contributed by atoms with Crippen molar-refractivity contribution in [2.24, 2.45) is 5.10 Å². The van der Waals surface area contributed by atoms with Crippen molar-refractivity contribution < 1.29 is 23.7 Å². The third-order valence-corrected chi connectivity index (χ3v) is 6.23. The van der Waals surface area contributed by atoms with Crippen molar-refractivity contribution >= 4 is 40.5 Å². The van der Waals surface area contributed by atoms with Crippen LogP contribution in [-0.4, -0.2) is 44.8 Å². The molecule has 160 valence electrons. The third-order valence-electron chi connectivity index (χ3n) is 5.31. The molecule has 0 radical (unpaired) electrons. The number of carbonyl (C=O) groups excluding carboxylic acids is 3. The first-order valence-electron chi connectivity index (χ1n) is 9.56. The maximum atomic E-state index is 13.2. The lowest BCUT2D eigenvalue weighted by Crippen LogP contribution is -2.41. The number of hydrazone groups is 1. The van der Waals surface area contributed by atoms with E-state index >= 15 is 0 Å². The number of thiophene rings is 1. The number of benzene rings is 1. The predicted octanol–water partition coefficient (Wildman–Crippen LogP) is 3.22. The van der Waals surface area contributed by atoms with Gasteiger partial charge in [-0.2, -0.15) is 5.10 Å². The van der Waals surface area contributed by atoms with Crippen molar-refractivity contribution in [3.05, 3.63) is 86.0 Å². The summed E-state index contributed by atoms with van der Waals surface area (Å²) in [7, 11) is 0. The van der Waals surface area contributed by atoms with Crippen LogP contribution >= 0.6 is 11.3 Å². The number of fused-ring (bicyclic) bond motifs is 1. The first kappa shape index (κ1) is 19.8. The smallest absolute Gasteiger partial charge is 0.282 e. The van der Waals surface area contributed by atoms with Crippen LogP contribution in [-0.2, 0) is 4.79 Å². The highest BCUT2D eigenvalue weighted by atomic mass is 32.1. The SMILES string of the molecule is O=C1c2cccc([N+](=O)[O-])c2C(=O)N1CC(=O)N1N=C(c2cccs2)CC1c1ccco1. The molecular weight excluding hydrogens is 436 g/mol. The van der Waals surface area contributed by atoms with E-state index in [1.807, 2.05) is 17.5 Å². The Kier molecular flexibility index (Phi) is 4.67. The minimum atomic E-state index is -0.873. The highest BCUT2D eigenvalue weighted by molar-refractivity contribution is 7.12. The molecule has 2 aromatic heterocycles. The van der Waals surface area contributed by atoms with Crippen LogP contribution in [0.4, 0.5) is 5.69 Å². The van der Waals surface area contributed by atoms with Crippen LogP contribution in [0.3, 0.4) is 0 Å².